The van der Waals surface area contributed by atoms with E-state index >= 15 is 0 Å². The highest BCUT2D eigenvalue weighted by atomic mass is 32.2. The fourth-order valence-electron chi connectivity index (χ4n) is 3.81. The van der Waals surface area contributed by atoms with E-state index in [1.807, 2.05) is 0 Å². The molecule has 1 saturated heterocycles. The average Bonchev–Trinajstić information content (AvgIpc) is 2.79. The Morgan fingerprint density at radius 3 is 2.75 bits per heavy atom. The third-order valence-electron chi connectivity index (χ3n) is 5.65. The molecule has 0 aliphatic carbocycles. The van der Waals surface area contributed by atoms with Gasteiger partial charge >= 0.3 is 0 Å². The predicted octanol–water partition coefficient (Wildman–Crippen LogP) is 2.26. The molecule has 32 heavy (non-hydrogen) atoms. The fourth-order valence-corrected chi connectivity index (χ4v) is 5.36. The molecule has 0 aromatic heterocycles. The zero-order chi connectivity index (χ0) is 22.9. The van der Waals surface area contributed by atoms with Gasteiger partial charge in [0.05, 0.1) is 16.5 Å². The van der Waals surface area contributed by atoms with E-state index in [0.29, 0.717) is 30.8 Å². The Kier molecular flexibility index (Phi) is 6.16. The van der Waals surface area contributed by atoms with Gasteiger partial charge in [0.2, 0.25) is 15.9 Å². The number of hydrogen-bond donors (Lipinski definition) is 2. The summed E-state index contributed by atoms with van der Waals surface area (Å²) in [6, 6.07) is 10.2. The first-order valence-electron chi connectivity index (χ1n) is 10.4. The van der Waals surface area contributed by atoms with Crippen LogP contribution in [0, 0.1) is 11.7 Å². The Labute approximate surface area is 185 Å². The molecule has 0 bridgehead atoms. The Morgan fingerprint density at radius 2 is 2.00 bits per heavy atom. The van der Waals surface area contributed by atoms with Crippen LogP contribution in [0.1, 0.15) is 25.3 Å². The van der Waals surface area contributed by atoms with E-state index in [-0.39, 0.29) is 35.6 Å². The zero-order valence-corrected chi connectivity index (χ0v) is 18.3. The maximum absolute atomic E-state index is 13.2. The number of nitrogens with one attached hydrogen (secondary N) is 2. The molecule has 2 aromatic carbocycles. The Balaban J connectivity index is 1.44. The molecule has 10 heteroatoms. The number of anilines is 1. The van der Waals surface area contributed by atoms with Crippen LogP contribution in [-0.4, -0.2) is 43.7 Å². The fraction of sp³-hybridized carbons (Fsp3) is 0.364. The average molecular weight is 462 g/mol. The first kappa shape index (κ1) is 22.2. The third-order valence-corrected chi connectivity index (χ3v) is 7.52. The van der Waals surface area contributed by atoms with E-state index in [0.717, 1.165) is 5.56 Å². The molecular weight excluding hydrogens is 437 g/mol. The summed E-state index contributed by atoms with van der Waals surface area (Å²) < 4.78 is 46.2. The number of fused-ring (bicyclic) bond motifs is 1. The SMILES string of the molecule is CC1Oc2ccc(S(=O)(=O)N3CCCC(C(=O)NCc4ccc(F)cc4)C3)cc2NC1=O. The highest BCUT2D eigenvalue weighted by Gasteiger charge is 2.34. The number of rotatable bonds is 5. The molecule has 1 fully saturated rings. The van der Waals surface area contributed by atoms with Crippen molar-refractivity contribution in [1.29, 1.82) is 0 Å². The van der Waals surface area contributed by atoms with Gasteiger partial charge in [0.1, 0.15) is 11.6 Å². The molecule has 0 saturated carbocycles. The molecular formula is C22H24FN3O5S. The molecule has 2 atom stereocenters. The molecule has 2 aromatic rings. The standard InChI is InChI=1S/C22H24FN3O5S/c1-14-21(27)25-19-11-18(8-9-20(19)31-14)32(29,30)26-10-2-3-16(13-26)22(28)24-12-15-4-6-17(23)7-5-15/h4-9,11,14,16H,2-3,10,12-13H2,1H3,(H,24,28)(H,25,27). The van der Waals surface area contributed by atoms with E-state index < -0.39 is 22.0 Å². The van der Waals surface area contributed by atoms with Gasteiger partial charge in [-0.05, 0) is 55.7 Å². The van der Waals surface area contributed by atoms with Crippen LogP contribution in [0.3, 0.4) is 0 Å². The molecule has 2 aliphatic rings. The minimum absolute atomic E-state index is 0.0297. The summed E-state index contributed by atoms with van der Waals surface area (Å²) in [4.78, 5) is 24.5. The Bertz CT molecular complexity index is 1140. The van der Waals surface area contributed by atoms with Gasteiger partial charge in [0.25, 0.3) is 5.91 Å². The predicted molar refractivity (Wildman–Crippen MR) is 115 cm³/mol. The quantitative estimate of drug-likeness (QED) is 0.711. The van der Waals surface area contributed by atoms with Gasteiger partial charge in [-0.15, -0.1) is 0 Å². The number of halogens is 1. The number of benzene rings is 2. The molecule has 2 amide bonds. The number of sulfonamides is 1. The maximum Gasteiger partial charge on any atom is 0.265 e. The van der Waals surface area contributed by atoms with E-state index in [4.69, 9.17) is 4.74 Å². The van der Waals surface area contributed by atoms with Crippen molar-refractivity contribution in [3.8, 4) is 5.75 Å². The summed E-state index contributed by atoms with van der Waals surface area (Å²) in [5, 5.41) is 5.46. The summed E-state index contributed by atoms with van der Waals surface area (Å²) in [5.41, 5.74) is 1.06. The Morgan fingerprint density at radius 1 is 1.25 bits per heavy atom. The van der Waals surface area contributed by atoms with Crippen molar-refractivity contribution in [2.45, 2.75) is 37.3 Å². The minimum atomic E-state index is -3.86. The largest absolute Gasteiger partial charge is 0.479 e. The lowest BCUT2D eigenvalue weighted by molar-refractivity contribution is -0.126. The van der Waals surface area contributed by atoms with Crippen LogP contribution in [0.5, 0.6) is 5.75 Å². The summed E-state index contributed by atoms with van der Waals surface area (Å²) in [7, 11) is -3.86. The first-order chi connectivity index (χ1) is 15.2. The van der Waals surface area contributed by atoms with Gasteiger partial charge in [-0.25, -0.2) is 12.8 Å². The van der Waals surface area contributed by atoms with Crippen molar-refractivity contribution in [2.75, 3.05) is 18.4 Å². The lowest BCUT2D eigenvalue weighted by Crippen LogP contribution is -2.45. The second-order valence-corrected chi connectivity index (χ2v) is 9.89. The highest BCUT2D eigenvalue weighted by molar-refractivity contribution is 7.89. The number of nitrogens with zero attached hydrogens (tertiary/aromatic N) is 1. The number of carbonyl (C=O) groups excluding carboxylic acids is 2. The third kappa shape index (κ3) is 4.61. The lowest BCUT2D eigenvalue weighted by Gasteiger charge is -2.31. The number of hydrogen-bond acceptors (Lipinski definition) is 5. The van der Waals surface area contributed by atoms with E-state index in [9.17, 15) is 22.4 Å². The van der Waals surface area contributed by atoms with E-state index in [2.05, 4.69) is 10.6 Å². The number of amides is 2. The van der Waals surface area contributed by atoms with Gasteiger partial charge in [0.15, 0.2) is 6.10 Å². The van der Waals surface area contributed by atoms with Crippen LogP contribution in [0.25, 0.3) is 0 Å². The maximum atomic E-state index is 13.2. The summed E-state index contributed by atoms with van der Waals surface area (Å²) in [6.45, 7) is 2.22. The zero-order valence-electron chi connectivity index (χ0n) is 17.5. The van der Waals surface area contributed by atoms with Crippen LogP contribution in [-0.2, 0) is 26.2 Å². The number of carbonyl (C=O) groups is 2. The van der Waals surface area contributed by atoms with E-state index in [1.54, 1.807) is 19.1 Å². The minimum Gasteiger partial charge on any atom is -0.479 e. The van der Waals surface area contributed by atoms with Crippen molar-refractivity contribution in [2.24, 2.45) is 5.92 Å². The molecule has 0 radical (unpaired) electrons. The summed E-state index contributed by atoms with van der Waals surface area (Å²) in [5.74, 6) is -1.01. The second kappa shape index (κ2) is 8.87. The monoisotopic (exact) mass is 461 g/mol. The molecule has 2 unspecified atom stereocenters. The summed E-state index contributed by atoms with van der Waals surface area (Å²) >= 11 is 0. The van der Waals surface area contributed by atoms with Gasteiger partial charge in [0, 0.05) is 19.6 Å². The van der Waals surface area contributed by atoms with Crippen molar-refractivity contribution in [3.63, 3.8) is 0 Å². The van der Waals surface area contributed by atoms with Crippen molar-refractivity contribution in [1.82, 2.24) is 9.62 Å². The number of ether oxygens (including phenoxy) is 1. The van der Waals surface area contributed by atoms with Crippen LogP contribution in [0.4, 0.5) is 10.1 Å². The molecule has 170 valence electrons. The van der Waals surface area contributed by atoms with Crippen molar-refractivity contribution >= 4 is 27.5 Å². The van der Waals surface area contributed by atoms with Gasteiger partial charge in [-0.3, -0.25) is 9.59 Å². The molecule has 2 heterocycles. The van der Waals surface area contributed by atoms with Gasteiger partial charge in [-0.1, -0.05) is 12.1 Å². The van der Waals surface area contributed by atoms with E-state index in [1.165, 1.54) is 34.6 Å². The van der Waals surface area contributed by atoms with Crippen molar-refractivity contribution in [3.05, 3.63) is 53.8 Å². The summed E-state index contributed by atoms with van der Waals surface area (Å²) in [6.07, 6.45) is 0.477. The Hall–Kier alpha value is -2.98. The molecule has 8 nitrogen and oxygen atoms in total. The van der Waals surface area contributed by atoms with Crippen molar-refractivity contribution < 1.29 is 27.1 Å². The van der Waals surface area contributed by atoms with Crippen LogP contribution >= 0.6 is 0 Å². The molecule has 2 aliphatic heterocycles. The number of piperidine rings is 1. The molecule has 4 rings (SSSR count). The molecule has 2 N–H and O–H groups in total. The second-order valence-electron chi connectivity index (χ2n) is 7.95. The highest BCUT2D eigenvalue weighted by Crippen LogP contribution is 2.33. The van der Waals surface area contributed by atoms with Crippen LogP contribution in [0.15, 0.2) is 47.4 Å². The first-order valence-corrected chi connectivity index (χ1v) is 11.8. The topological polar surface area (TPSA) is 105 Å². The smallest absolute Gasteiger partial charge is 0.265 e. The van der Waals surface area contributed by atoms with Crippen LogP contribution in [0.2, 0.25) is 0 Å². The van der Waals surface area contributed by atoms with Crippen LogP contribution < -0.4 is 15.4 Å². The molecule has 0 spiro atoms. The van der Waals surface area contributed by atoms with Gasteiger partial charge < -0.3 is 15.4 Å². The lowest BCUT2D eigenvalue weighted by atomic mass is 9.99. The normalized spacial score (nSPS) is 21.2. The van der Waals surface area contributed by atoms with Gasteiger partial charge in [-0.2, -0.15) is 4.31 Å².